The lowest BCUT2D eigenvalue weighted by Gasteiger charge is -2.30. The smallest absolute Gasteiger partial charge is 0.338 e. The summed E-state index contributed by atoms with van der Waals surface area (Å²) in [5.41, 5.74) is 1.86. The standard InChI is InChI=1S/C18H21BrN2O3/c1-11-15(17(22)24-14-8-3-2-4-9-14)16(21-18(23)20-11)12-6-5-7-13(19)10-12/h5-7,10,14,16H,2-4,8-9H2,1H3,(H2,20,21,23)/t16-/m1/s1. The lowest BCUT2D eigenvalue weighted by molar-refractivity contribution is -0.146. The van der Waals surface area contributed by atoms with Gasteiger partial charge in [0.2, 0.25) is 0 Å². The average Bonchev–Trinajstić information content (AvgIpc) is 2.55. The zero-order chi connectivity index (χ0) is 17.1. The van der Waals surface area contributed by atoms with Gasteiger partial charge in [0.15, 0.2) is 0 Å². The number of urea groups is 1. The molecule has 1 saturated carbocycles. The first kappa shape index (κ1) is 17.0. The molecule has 3 rings (SSSR count). The van der Waals surface area contributed by atoms with Gasteiger partial charge in [0.1, 0.15) is 6.10 Å². The Morgan fingerprint density at radius 3 is 2.71 bits per heavy atom. The molecule has 1 heterocycles. The third-order valence-electron chi connectivity index (χ3n) is 4.50. The summed E-state index contributed by atoms with van der Waals surface area (Å²) in [5, 5.41) is 5.51. The summed E-state index contributed by atoms with van der Waals surface area (Å²) in [6.45, 7) is 1.74. The summed E-state index contributed by atoms with van der Waals surface area (Å²) in [4.78, 5) is 24.6. The molecular formula is C18H21BrN2O3. The number of rotatable bonds is 3. The molecule has 0 bridgehead atoms. The van der Waals surface area contributed by atoms with Crippen LogP contribution in [0.1, 0.15) is 50.6 Å². The van der Waals surface area contributed by atoms with Crippen molar-refractivity contribution in [2.24, 2.45) is 0 Å². The highest BCUT2D eigenvalue weighted by molar-refractivity contribution is 9.10. The van der Waals surface area contributed by atoms with Crippen molar-refractivity contribution in [3.05, 3.63) is 45.6 Å². The van der Waals surface area contributed by atoms with Gasteiger partial charge in [-0.15, -0.1) is 0 Å². The molecule has 1 aliphatic carbocycles. The summed E-state index contributed by atoms with van der Waals surface area (Å²) in [6, 6.07) is 6.76. The van der Waals surface area contributed by atoms with Crippen molar-refractivity contribution < 1.29 is 14.3 Å². The van der Waals surface area contributed by atoms with Crippen LogP contribution < -0.4 is 10.6 Å². The van der Waals surface area contributed by atoms with E-state index >= 15 is 0 Å². The van der Waals surface area contributed by atoms with Crippen LogP contribution in [0.5, 0.6) is 0 Å². The molecule has 0 aromatic heterocycles. The summed E-state index contributed by atoms with van der Waals surface area (Å²) in [6.07, 6.45) is 5.21. The molecule has 6 heteroatoms. The summed E-state index contributed by atoms with van der Waals surface area (Å²) >= 11 is 3.44. The molecule has 1 fully saturated rings. The number of hydrogen-bond acceptors (Lipinski definition) is 3. The van der Waals surface area contributed by atoms with Crippen molar-refractivity contribution in [3.8, 4) is 0 Å². The van der Waals surface area contributed by atoms with Gasteiger partial charge in [0.25, 0.3) is 0 Å². The van der Waals surface area contributed by atoms with Gasteiger partial charge in [-0.1, -0.05) is 34.5 Å². The number of carbonyl (C=O) groups is 2. The predicted octanol–water partition coefficient (Wildman–Crippen LogP) is 3.95. The Balaban J connectivity index is 1.87. The van der Waals surface area contributed by atoms with E-state index in [1.165, 1.54) is 6.42 Å². The quantitative estimate of drug-likeness (QED) is 0.765. The number of hydrogen-bond donors (Lipinski definition) is 2. The molecule has 0 spiro atoms. The number of carbonyl (C=O) groups excluding carboxylic acids is 2. The van der Waals surface area contributed by atoms with Crippen LogP contribution in [0.15, 0.2) is 40.0 Å². The Kier molecular flexibility index (Phi) is 5.23. The van der Waals surface area contributed by atoms with Gasteiger partial charge < -0.3 is 15.4 Å². The van der Waals surface area contributed by atoms with Crippen molar-refractivity contribution in [3.63, 3.8) is 0 Å². The van der Waals surface area contributed by atoms with Gasteiger partial charge in [-0.3, -0.25) is 0 Å². The molecule has 5 nitrogen and oxygen atoms in total. The first-order valence-corrected chi connectivity index (χ1v) is 9.08. The third kappa shape index (κ3) is 3.80. The van der Waals surface area contributed by atoms with Crippen molar-refractivity contribution in [2.75, 3.05) is 0 Å². The number of nitrogens with one attached hydrogen (secondary N) is 2. The second-order valence-corrected chi connectivity index (χ2v) is 7.21. The highest BCUT2D eigenvalue weighted by Crippen LogP contribution is 2.30. The number of amides is 2. The molecule has 24 heavy (non-hydrogen) atoms. The monoisotopic (exact) mass is 392 g/mol. The second kappa shape index (κ2) is 7.38. The molecule has 1 aromatic carbocycles. The summed E-state index contributed by atoms with van der Waals surface area (Å²) in [5.74, 6) is -0.350. The molecule has 128 valence electrons. The van der Waals surface area contributed by atoms with E-state index in [1.54, 1.807) is 6.92 Å². The fourth-order valence-electron chi connectivity index (χ4n) is 3.30. The number of ether oxygens (including phenoxy) is 1. The molecule has 1 aliphatic heterocycles. The van der Waals surface area contributed by atoms with Gasteiger partial charge in [-0.05, 0) is 50.3 Å². The molecule has 2 aliphatic rings. The van der Waals surface area contributed by atoms with E-state index in [9.17, 15) is 9.59 Å². The minimum atomic E-state index is -0.507. The molecule has 0 unspecified atom stereocenters. The average molecular weight is 393 g/mol. The van der Waals surface area contributed by atoms with Gasteiger partial charge >= 0.3 is 12.0 Å². The number of halogens is 1. The lowest BCUT2D eigenvalue weighted by atomic mass is 9.95. The van der Waals surface area contributed by atoms with Crippen LogP contribution in [0.2, 0.25) is 0 Å². The first-order chi connectivity index (χ1) is 11.5. The Labute approximate surface area is 150 Å². The Bertz CT molecular complexity index is 681. The Morgan fingerprint density at radius 2 is 2.00 bits per heavy atom. The van der Waals surface area contributed by atoms with Gasteiger partial charge in [-0.2, -0.15) is 0 Å². The molecule has 0 radical (unpaired) electrons. The maximum atomic E-state index is 12.8. The number of benzene rings is 1. The van der Waals surface area contributed by atoms with Crippen molar-refractivity contribution >= 4 is 27.9 Å². The molecule has 1 aromatic rings. The molecule has 2 N–H and O–H groups in total. The fraction of sp³-hybridized carbons (Fsp3) is 0.444. The SMILES string of the molecule is CC1=C(C(=O)OC2CCCCC2)[C@@H](c2cccc(Br)c2)NC(=O)N1. The van der Waals surface area contributed by atoms with E-state index in [2.05, 4.69) is 26.6 Å². The number of allylic oxidation sites excluding steroid dienone is 1. The summed E-state index contributed by atoms with van der Waals surface area (Å²) in [7, 11) is 0. The maximum absolute atomic E-state index is 12.8. The normalized spacial score (nSPS) is 21.9. The first-order valence-electron chi connectivity index (χ1n) is 8.29. The van der Waals surface area contributed by atoms with E-state index < -0.39 is 6.04 Å². The maximum Gasteiger partial charge on any atom is 0.338 e. The lowest BCUT2D eigenvalue weighted by Crippen LogP contribution is -2.45. The fourth-order valence-corrected chi connectivity index (χ4v) is 3.72. The van der Waals surface area contributed by atoms with Gasteiger partial charge in [-0.25, -0.2) is 9.59 Å². The largest absolute Gasteiger partial charge is 0.459 e. The van der Waals surface area contributed by atoms with E-state index in [0.29, 0.717) is 11.3 Å². The predicted molar refractivity (Wildman–Crippen MR) is 94.2 cm³/mol. The highest BCUT2D eigenvalue weighted by atomic mass is 79.9. The molecular weight excluding hydrogens is 372 g/mol. The summed E-state index contributed by atoms with van der Waals surface area (Å²) < 4.78 is 6.61. The topological polar surface area (TPSA) is 67.4 Å². The molecule has 2 amide bonds. The minimum Gasteiger partial charge on any atom is -0.459 e. The number of esters is 1. The van der Waals surface area contributed by atoms with Gasteiger partial charge in [0, 0.05) is 10.2 Å². The second-order valence-electron chi connectivity index (χ2n) is 6.29. The minimum absolute atomic E-state index is 0.0210. The van der Waals surface area contributed by atoms with E-state index in [-0.39, 0.29) is 18.1 Å². The Hall–Kier alpha value is -1.82. The van der Waals surface area contributed by atoms with E-state index in [1.807, 2.05) is 24.3 Å². The zero-order valence-corrected chi connectivity index (χ0v) is 15.2. The molecule has 0 saturated heterocycles. The van der Waals surface area contributed by atoms with E-state index in [4.69, 9.17) is 4.74 Å². The van der Waals surface area contributed by atoms with Crippen LogP contribution in [0.25, 0.3) is 0 Å². The van der Waals surface area contributed by atoms with Gasteiger partial charge in [0.05, 0.1) is 11.6 Å². The van der Waals surface area contributed by atoms with Crippen LogP contribution >= 0.6 is 15.9 Å². The van der Waals surface area contributed by atoms with Crippen molar-refractivity contribution in [1.29, 1.82) is 0 Å². The third-order valence-corrected chi connectivity index (χ3v) is 4.99. The van der Waals surface area contributed by atoms with Crippen molar-refractivity contribution in [1.82, 2.24) is 10.6 Å². The van der Waals surface area contributed by atoms with Crippen molar-refractivity contribution in [2.45, 2.75) is 51.2 Å². The zero-order valence-electron chi connectivity index (χ0n) is 13.6. The van der Waals surface area contributed by atoms with Crippen LogP contribution in [-0.4, -0.2) is 18.1 Å². The van der Waals surface area contributed by atoms with E-state index in [0.717, 1.165) is 35.7 Å². The highest BCUT2D eigenvalue weighted by Gasteiger charge is 2.33. The van der Waals surface area contributed by atoms with Crippen LogP contribution in [-0.2, 0) is 9.53 Å². The molecule has 1 atom stereocenters. The Morgan fingerprint density at radius 1 is 1.25 bits per heavy atom. The van der Waals surface area contributed by atoms with Crippen LogP contribution in [0.4, 0.5) is 4.79 Å². The van der Waals surface area contributed by atoms with Crippen LogP contribution in [0.3, 0.4) is 0 Å². The van der Waals surface area contributed by atoms with Crippen LogP contribution in [0, 0.1) is 0 Å².